The topological polar surface area (TPSA) is 79.7 Å². The van der Waals surface area contributed by atoms with Crippen LogP contribution >= 0.6 is 11.3 Å². The van der Waals surface area contributed by atoms with Gasteiger partial charge in [0.05, 0.1) is 10.6 Å². The summed E-state index contributed by atoms with van der Waals surface area (Å²) in [6, 6.07) is 11.8. The predicted octanol–water partition coefficient (Wildman–Crippen LogP) is 5.91. The van der Waals surface area contributed by atoms with Crippen molar-refractivity contribution in [3.05, 3.63) is 70.2 Å². The number of carboxylic acids is 1. The molecule has 1 fully saturated rings. The minimum atomic E-state index is -4.57. The summed E-state index contributed by atoms with van der Waals surface area (Å²) in [4.78, 5) is 29.4. The Labute approximate surface area is 191 Å². The normalized spacial score (nSPS) is 14.8. The molecule has 1 aliphatic heterocycles. The maximum Gasteiger partial charge on any atom is 0.416 e. The lowest BCUT2D eigenvalue weighted by molar-refractivity contribution is -0.137. The van der Waals surface area contributed by atoms with Gasteiger partial charge in [0.2, 0.25) is 0 Å². The first-order valence-electron chi connectivity index (χ1n) is 10.1. The van der Waals surface area contributed by atoms with Crippen LogP contribution in [0.3, 0.4) is 0 Å². The fourth-order valence-electron chi connectivity index (χ4n) is 3.68. The number of benzene rings is 2. The average molecular weight is 476 g/mol. The molecule has 10 heteroatoms. The molecule has 0 aliphatic carbocycles. The lowest BCUT2D eigenvalue weighted by atomic mass is 9.98. The van der Waals surface area contributed by atoms with Crippen LogP contribution in [0.25, 0.3) is 11.1 Å². The molecular weight excluding hydrogens is 457 g/mol. The van der Waals surface area contributed by atoms with Gasteiger partial charge < -0.3 is 14.7 Å². The predicted molar refractivity (Wildman–Crippen MR) is 116 cm³/mol. The van der Waals surface area contributed by atoms with Gasteiger partial charge in [-0.2, -0.15) is 13.2 Å². The highest BCUT2D eigenvalue weighted by atomic mass is 32.1. The van der Waals surface area contributed by atoms with E-state index < -0.39 is 23.8 Å². The first kappa shape index (κ1) is 22.8. The number of halogens is 3. The lowest BCUT2D eigenvalue weighted by Gasteiger charge is -2.30. The van der Waals surface area contributed by atoms with Gasteiger partial charge in [0.1, 0.15) is 5.75 Å². The van der Waals surface area contributed by atoms with E-state index >= 15 is 0 Å². The molecule has 0 spiro atoms. The molecule has 4 rings (SSSR count). The van der Waals surface area contributed by atoms with Crippen LogP contribution in [0.5, 0.6) is 5.75 Å². The highest BCUT2D eigenvalue weighted by Gasteiger charge is 2.33. The van der Waals surface area contributed by atoms with E-state index in [1.165, 1.54) is 27.7 Å². The standard InChI is InChI=1S/C23H19F3N2O4S/c24-23(25,26)16-6-7-17(14-4-2-1-3-5-14)19(12-16)32-22(31)28-10-8-15(9-11-28)20-27-18(13-33-20)21(29)30/h1-7,12-13,15H,8-11H2,(H,29,30). The fourth-order valence-corrected chi connectivity index (χ4v) is 4.65. The molecule has 172 valence electrons. The average Bonchev–Trinajstić information content (AvgIpc) is 3.30. The van der Waals surface area contributed by atoms with Gasteiger partial charge in [-0.25, -0.2) is 14.6 Å². The first-order chi connectivity index (χ1) is 15.7. The second kappa shape index (κ2) is 9.22. The summed E-state index contributed by atoms with van der Waals surface area (Å²) >= 11 is 1.27. The molecule has 33 heavy (non-hydrogen) atoms. The maximum atomic E-state index is 13.3. The number of alkyl halides is 3. The molecule has 3 aromatic rings. The van der Waals surface area contributed by atoms with Crippen molar-refractivity contribution in [3.63, 3.8) is 0 Å². The van der Waals surface area contributed by atoms with E-state index in [2.05, 4.69) is 4.98 Å². The third-order valence-electron chi connectivity index (χ3n) is 5.43. The van der Waals surface area contributed by atoms with Crippen LogP contribution < -0.4 is 4.74 Å². The van der Waals surface area contributed by atoms with Crippen LogP contribution in [-0.2, 0) is 6.18 Å². The van der Waals surface area contributed by atoms with E-state index in [1.54, 1.807) is 30.3 Å². The van der Waals surface area contributed by atoms with Gasteiger partial charge in [0.15, 0.2) is 5.69 Å². The summed E-state index contributed by atoms with van der Waals surface area (Å²) in [5.41, 5.74) is 0.109. The third kappa shape index (κ3) is 5.16. The molecule has 1 amide bonds. The Hall–Kier alpha value is -3.40. The molecule has 1 aromatic heterocycles. The van der Waals surface area contributed by atoms with E-state index in [0.717, 1.165) is 12.1 Å². The molecular formula is C23H19F3N2O4S. The van der Waals surface area contributed by atoms with Crippen LogP contribution in [0.4, 0.5) is 18.0 Å². The van der Waals surface area contributed by atoms with E-state index in [0.29, 0.717) is 42.1 Å². The Balaban J connectivity index is 1.49. The van der Waals surface area contributed by atoms with Crippen LogP contribution in [0.15, 0.2) is 53.9 Å². The minimum Gasteiger partial charge on any atom is -0.476 e. The second-order valence-electron chi connectivity index (χ2n) is 7.58. The van der Waals surface area contributed by atoms with Crippen molar-refractivity contribution in [2.75, 3.05) is 13.1 Å². The van der Waals surface area contributed by atoms with Crippen molar-refractivity contribution in [3.8, 4) is 16.9 Å². The highest BCUT2D eigenvalue weighted by molar-refractivity contribution is 7.09. The van der Waals surface area contributed by atoms with Gasteiger partial charge in [-0.3, -0.25) is 0 Å². The molecule has 1 aliphatic rings. The number of carbonyl (C=O) groups excluding carboxylic acids is 1. The number of carboxylic acid groups (broad SMARTS) is 1. The number of hydrogen-bond donors (Lipinski definition) is 1. The number of amides is 1. The number of rotatable bonds is 4. The largest absolute Gasteiger partial charge is 0.476 e. The number of hydrogen-bond acceptors (Lipinski definition) is 5. The Morgan fingerprint density at radius 1 is 1.09 bits per heavy atom. The van der Waals surface area contributed by atoms with Gasteiger partial charge in [-0.05, 0) is 30.5 Å². The zero-order valence-electron chi connectivity index (χ0n) is 17.2. The van der Waals surface area contributed by atoms with Crippen LogP contribution in [0.2, 0.25) is 0 Å². The number of piperidine rings is 1. The number of thiazole rings is 1. The minimum absolute atomic E-state index is 0.00479. The second-order valence-corrected chi connectivity index (χ2v) is 8.47. The first-order valence-corrected chi connectivity index (χ1v) is 11.0. The number of aromatic nitrogens is 1. The molecule has 2 aromatic carbocycles. The van der Waals surface area contributed by atoms with Gasteiger partial charge in [0.25, 0.3) is 0 Å². The van der Waals surface area contributed by atoms with Gasteiger partial charge >= 0.3 is 18.2 Å². The number of likely N-dealkylation sites (tertiary alicyclic amines) is 1. The van der Waals surface area contributed by atoms with E-state index in [-0.39, 0.29) is 17.4 Å². The molecule has 2 heterocycles. The molecule has 0 atom stereocenters. The van der Waals surface area contributed by atoms with E-state index in [1.807, 2.05) is 0 Å². The van der Waals surface area contributed by atoms with Crippen molar-refractivity contribution in [1.29, 1.82) is 0 Å². The Bertz CT molecular complexity index is 1160. The maximum absolute atomic E-state index is 13.3. The van der Waals surface area contributed by atoms with Crippen LogP contribution in [-0.4, -0.2) is 40.1 Å². The Kier molecular flexibility index (Phi) is 6.37. The van der Waals surface area contributed by atoms with Crippen LogP contribution in [0.1, 0.15) is 39.8 Å². The molecule has 0 bridgehead atoms. The summed E-state index contributed by atoms with van der Waals surface area (Å²) in [6.45, 7) is 0.649. The quantitative estimate of drug-likeness (QED) is 0.507. The van der Waals surface area contributed by atoms with Crippen molar-refractivity contribution in [1.82, 2.24) is 9.88 Å². The summed E-state index contributed by atoms with van der Waals surface area (Å²) in [7, 11) is 0. The molecule has 1 N–H and O–H groups in total. The zero-order valence-corrected chi connectivity index (χ0v) is 18.0. The summed E-state index contributed by atoms with van der Waals surface area (Å²) in [5.74, 6) is -1.23. The number of nitrogens with zero attached hydrogens (tertiary/aromatic N) is 2. The zero-order chi connectivity index (χ0) is 23.6. The van der Waals surface area contributed by atoms with E-state index in [9.17, 15) is 22.8 Å². The fraction of sp³-hybridized carbons (Fsp3) is 0.261. The third-order valence-corrected chi connectivity index (χ3v) is 6.44. The number of ether oxygens (including phenoxy) is 1. The molecule has 0 saturated carbocycles. The monoisotopic (exact) mass is 476 g/mol. The lowest BCUT2D eigenvalue weighted by Crippen LogP contribution is -2.39. The smallest absolute Gasteiger partial charge is 0.416 e. The SMILES string of the molecule is O=C(O)c1csc(C2CCN(C(=O)Oc3cc(C(F)(F)F)ccc3-c3ccccc3)CC2)n1. The Morgan fingerprint density at radius 3 is 2.39 bits per heavy atom. The summed E-state index contributed by atoms with van der Waals surface area (Å²) in [5, 5.41) is 11.2. The summed E-state index contributed by atoms with van der Waals surface area (Å²) < 4.78 is 45.2. The highest BCUT2D eigenvalue weighted by Crippen LogP contribution is 2.38. The van der Waals surface area contributed by atoms with Crippen molar-refractivity contribution < 1.29 is 32.6 Å². The van der Waals surface area contributed by atoms with Crippen molar-refractivity contribution >= 4 is 23.4 Å². The molecule has 0 unspecified atom stereocenters. The number of aromatic carboxylic acids is 1. The number of carbonyl (C=O) groups is 2. The van der Waals surface area contributed by atoms with Crippen molar-refractivity contribution in [2.24, 2.45) is 0 Å². The van der Waals surface area contributed by atoms with E-state index in [4.69, 9.17) is 9.84 Å². The van der Waals surface area contributed by atoms with Gasteiger partial charge in [0, 0.05) is 30.0 Å². The van der Waals surface area contributed by atoms with Gasteiger partial charge in [-0.1, -0.05) is 36.4 Å². The molecule has 0 radical (unpaired) electrons. The van der Waals surface area contributed by atoms with Crippen LogP contribution in [0, 0.1) is 0 Å². The van der Waals surface area contributed by atoms with Gasteiger partial charge in [-0.15, -0.1) is 11.3 Å². The van der Waals surface area contributed by atoms with Crippen molar-refractivity contribution in [2.45, 2.75) is 24.9 Å². The molecule has 1 saturated heterocycles. The summed E-state index contributed by atoms with van der Waals surface area (Å²) in [6.07, 6.45) is -4.20. The molecule has 6 nitrogen and oxygen atoms in total. The Morgan fingerprint density at radius 2 is 1.79 bits per heavy atom.